The smallest absolute Gasteiger partial charge is 0.196 e. The molecule has 11 nitrogen and oxygen atoms in total. The summed E-state index contributed by atoms with van der Waals surface area (Å²) >= 11 is 0. The summed E-state index contributed by atoms with van der Waals surface area (Å²) in [6.45, 7) is 10.2. The highest BCUT2D eigenvalue weighted by atomic mass is 35.5. The van der Waals surface area contributed by atoms with Gasteiger partial charge in [-0.25, -0.2) is 0 Å². The van der Waals surface area contributed by atoms with Gasteiger partial charge in [0.05, 0.1) is 6.61 Å². The summed E-state index contributed by atoms with van der Waals surface area (Å²) in [7, 11) is 4.01. The van der Waals surface area contributed by atoms with Gasteiger partial charge in [-0.15, -0.1) is 12.4 Å². The molecule has 12 heteroatoms. The number of allylic oxidation sites excluding steroid dienone is 2. The maximum absolute atomic E-state index is 11.9. The molecule has 4 rings (SSSR count). The molecule has 41 heavy (non-hydrogen) atoms. The van der Waals surface area contributed by atoms with Crippen LogP contribution in [0.3, 0.4) is 0 Å². The lowest BCUT2D eigenvalue weighted by atomic mass is 10.0. The van der Waals surface area contributed by atoms with Crippen molar-refractivity contribution in [3.05, 3.63) is 45.3 Å². The predicted octanol–water partition coefficient (Wildman–Crippen LogP) is 3.00. The van der Waals surface area contributed by atoms with E-state index in [9.17, 15) is 20.1 Å². The number of hydrogen-bond donors (Lipinski definition) is 4. The van der Waals surface area contributed by atoms with Crippen molar-refractivity contribution >= 4 is 23.4 Å². The zero-order valence-electron chi connectivity index (χ0n) is 24.7. The zero-order chi connectivity index (χ0) is 29.8. The number of hydrogen-bond acceptors (Lipinski definition) is 11. The van der Waals surface area contributed by atoms with Gasteiger partial charge >= 0.3 is 0 Å². The molecule has 0 saturated carbocycles. The average Bonchev–Trinajstić information content (AvgIpc) is 3.32. The Kier molecular flexibility index (Phi) is 12.6. The molecule has 5 atom stereocenters. The first kappa shape index (κ1) is 35.0. The summed E-state index contributed by atoms with van der Waals surface area (Å²) < 4.78 is 28.3. The number of phenols is 2. The Morgan fingerprint density at radius 2 is 1.88 bits per heavy atom. The summed E-state index contributed by atoms with van der Waals surface area (Å²) in [5.41, 5.74) is 1.29. The Bertz CT molecular complexity index is 1240. The highest BCUT2D eigenvalue weighted by Crippen LogP contribution is 2.39. The maximum Gasteiger partial charge on any atom is 0.196 e. The van der Waals surface area contributed by atoms with Crippen LogP contribution in [0, 0.1) is 6.92 Å². The van der Waals surface area contributed by atoms with Crippen LogP contribution in [0.2, 0.25) is 0 Å². The number of ether oxygens (including phenoxy) is 4. The lowest BCUT2D eigenvalue weighted by Gasteiger charge is -2.28. The van der Waals surface area contributed by atoms with Crippen molar-refractivity contribution in [2.75, 3.05) is 33.9 Å². The SMILES string of the molecule is CC(C)=CCc1c(O)cc2oc(C)cc(=O)c2c1O.CN(C)CCCOC1C(C(O)CO)OC2OC(C)(C)OC21.Cl. The second-order valence-electron chi connectivity index (χ2n) is 11.1. The second kappa shape index (κ2) is 14.8. The molecule has 0 aliphatic carbocycles. The number of aromatic hydroxyl groups is 2. The minimum absolute atomic E-state index is 0. The number of nitrogens with zero attached hydrogens (tertiary/aromatic N) is 1. The Morgan fingerprint density at radius 1 is 1.20 bits per heavy atom. The second-order valence-corrected chi connectivity index (χ2v) is 11.1. The first-order valence-corrected chi connectivity index (χ1v) is 13.4. The molecule has 2 aliphatic heterocycles. The molecule has 5 unspecified atom stereocenters. The third-order valence-corrected chi connectivity index (χ3v) is 6.57. The summed E-state index contributed by atoms with van der Waals surface area (Å²) in [6.07, 6.45) is 0.0640. The zero-order valence-corrected chi connectivity index (χ0v) is 25.6. The lowest BCUT2D eigenvalue weighted by Crippen LogP contribution is -2.44. The van der Waals surface area contributed by atoms with Crippen molar-refractivity contribution in [1.29, 1.82) is 0 Å². The first-order chi connectivity index (χ1) is 18.7. The number of phenolic OH excluding ortho intramolecular Hbond substituents is 2. The number of halogens is 1. The minimum Gasteiger partial charge on any atom is -0.507 e. The number of benzene rings is 1. The van der Waals surface area contributed by atoms with E-state index in [-0.39, 0.29) is 53.0 Å². The van der Waals surface area contributed by atoms with E-state index in [1.807, 2.05) is 47.9 Å². The van der Waals surface area contributed by atoms with Gasteiger partial charge in [-0.1, -0.05) is 11.6 Å². The summed E-state index contributed by atoms with van der Waals surface area (Å²) in [5, 5.41) is 39.2. The lowest BCUT2D eigenvalue weighted by molar-refractivity contribution is -0.231. The normalized spacial score (nSPS) is 23.5. The fraction of sp³-hybridized carbons (Fsp3) is 0.621. The van der Waals surface area contributed by atoms with E-state index < -0.39 is 30.4 Å². The van der Waals surface area contributed by atoms with Gasteiger partial charge in [0.1, 0.15) is 52.6 Å². The molecule has 0 spiro atoms. The highest BCUT2D eigenvalue weighted by molar-refractivity contribution is 5.86. The van der Waals surface area contributed by atoms with Gasteiger partial charge in [-0.2, -0.15) is 0 Å². The van der Waals surface area contributed by atoms with Crippen molar-refractivity contribution in [2.24, 2.45) is 0 Å². The standard InChI is InChI=1S/C15H16O4.C14H27NO6.ClH/c1-8(2)4-5-10-11(16)7-13-14(15(10)18)12(17)6-9(3)19-13;1-14(2)20-12-11(18-7-5-6-15(3)4)10(9(17)8-16)19-13(12)21-14;/h4,6-7,16,18H,5H2,1-3H3;9-13,16-17H,5-8H2,1-4H3;1H. The van der Waals surface area contributed by atoms with Gasteiger partial charge in [0.15, 0.2) is 17.5 Å². The topological polar surface area (TPSA) is 151 Å². The average molecular weight is 602 g/mol. The van der Waals surface area contributed by atoms with E-state index >= 15 is 0 Å². The van der Waals surface area contributed by atoms with E-state index in [4.69, 9.17) is 28.5 Å². The largest absolute Gasteiger partial charge is 0.507 e. The number of aliphatic hydroxyl groups excluding tert-OH is 2. The molecule has 2 aliphatic rings. The molecular formula is C29H44ClNO10. The highest BCUT2D eigenvalue weighted by Gasteiger charge is 2.56. The molecule has 3 heterocycles. The van der Waals surface area contributed by atoms with Crippen molar-refractivity contribution in [1.82, 2.24) is 4.90 Å². The number of aliphatic hydroxyl groups is 2. The molecule has 232 valence electrons. The summed E-state index contributed by atoms with van der Waals surface area (Å²) in [6, 6.07) is 2.70. The summed E-state index contributed by atoms with van der Waals surface area (Å²) in [4.78, 5) is 14.0. The molecule has 2 aromatic rings. The molecule has 2 fully saturated rings. The Hall–Kier alpha value is -2.22. The first-order valence-electron chi connectivity index (χ1n) is 13.4. The Balaban J connectivity index is 0.000000281. The Morgan fingerprint density at radius 3 is 2.49 bits per heavy atom. The van der Waals surface area contributed by atoms with Crippen LogP contribution in [0.1, 0.15) is 45.4 Å². The van der Waals surface area contributed by atoms with E-state index in [0.29, 0.717) is 24.4 Å². The maximum atomic E-state index is 11.9. The number of rotatable bonds is 9. The molecule has 0 bridgehead atoms. The van der Waals surface area contributed by atoms with Crippen molar-refractivity contribution in [3.8, 4) is 11.5 Å². The molecule has 0 amide bonds. The van der Waals surface area contributed by atoms with Crippen molar-refractivity contribution in [3.63, 3.8) is 0 Å². The van der Waals surface area contributed by atoms with Gasteiger partial charge in [-0.05, 0) is 68.1 Å². The van der Waals surface area contributed by atoms with Crippen LogP contribution in [0.5, 0.6) is 11.5 Å². The van der Waals surface area contributed by atoms with E-state index in [1.54, 1.807) is 6.92 Å². The van der Waals surface area contributed by atoms with E-state index in [1.165, 1.54) is 12.1 Å². The minimum atomic E-state index is -1.01. The monoisotopic (exact) mass is 601 g/mol. The van der Waals surface area contributed by atoms with Crippen LogP contribution in [0.25, 0.3) is 11.0 Å². The number of aryl methyl sites for hydroxylation is 1. The fourth-order valence-corrected chi connectivity index (χ4v) is 4.67. The van der Waals surface area contributed by atoms with Crippen LogP contribution in [0.4, 0.5) is 0 Å². The van der Waals surface area contributed by atoms with Gasteiger partial charge in [0.25, 0.3) is 0 Å². The molecule has 1 aromatic carbocycles. The molecular weight excluding hydrogens is 558 g/mol. The third-order valence-electron chi connectivity index (χ3n) is 6.57. The van der Waals surface area contributed by atoms with Crippen LogP contribution in [-0.4, -0.2) is 95.7 Å². The van der Waals surface area contributed by atoms with Crippen LogP contribution >= 0.6 is 12.4 Å². The van der Waals surface area contributed by atoms with Crippen molar-refractivity contribution in [2.45, 2.75) is 84.0 Å². The number of fused-ring (bicyclic) bond motifs is 2. The fourth-order valence-electron chi connectivity index (χ4n) is 4.67. The molecule has 2 saturated heterocycles. The van der Waals surface area contributed by atoms with Crippen molar-refractivity contribution < 1.29 is 43.8 Å². The molecule has 0 radical (unpaired) electrons. The van der Waals surface area contributed by atoms with Crippen LogP contribution in [0.15, 0.2) is 33.0 Å². The van der Waals surface area contributed by atoms with E-state index in [0.717, 1.165) is 18.5 Å². The van der Waals surface area contributed by atoms with E-state index in [2.05, 4.69) is 4.90 Å². The van der Waals surface area contributed by atoms with Crippen LogP contribution in [-0.2, 0) is 25.4 Å². The van der Waals surface area contributed by atoms with Gasteiger partial charge < -0.3 is 48.7 Å². The summed E-state index contributed by atoms with van der Waals surface area (Å²) in [5.74, 6) is -0.568. The molecule has 4 N–H and O–H groups in total. The third kappa shape index (κ3) is 8.89. The van der Waals surface area contributed by atoms with Gasteiger partial charge in [0.2, 0.25) is 0 Å². The quantitative estimate of drug-likeness (QED) is 0.248. The molecule has 1 aromatic heterocycles. The van der Waals surface area contributed by atoms with Crippen LogP contribution < -0.4 is 5.43 Å². The van der Waals surface area contributed by atoms with Gasteiger partial charge in [0, 0.05) is 24.3 Å². The van der Waals surface area contributed by atoms with Gasteiger partial charge in [-0.3, -0.25) is 4.79 Å². The predicted molar refractivity (Wildman–Crippen MR) is 156 cm³/mol. The Labute approximate surface area is 246 Å².